The van der Waals surface area contributed by atoms with Crippen LogP contribution in [0.5, 0.6) is 0 Å². The monoisotopic (exact) mass is 731 g/mol. The minimum absolute atomic E-state index is 0.103. The lowest BCUT2D eigenvalue weighted by molar-refractivity contribution is 0.327. The Morgan fingerprint density at radius 3 is 1.84 bits per heavy atom. The number of para-hydroxylation sites is 1. The Kier molecular flexibility index (Phi) is 7.04. The van der Waals surface area contributed by atoms with Crippen LogP contribution in [0.4, 0.5) is 17.1 Å². The zero-order valence-corrected chi connectivity index (χ0v) is 32.7. The van der Waals surface area contributed by atoms with Crippen LogP contribution in [0.15, 0.2) is 176 Å². The number of fused-ring (bicyclic) bond motifs is 12. The van der Waals surface area contributed by atoms with Gasteiger partial charge < -0.3 is 4.90 Å². The molecule has 57 heavy (non-hydrogen) atoms. The van der Waals surface area contributed by atoms with Gasteiger partial charge in [0.05, 0.1) is 5.69 Å². The molecule has 8 aromatic rings. The van der Waals surface area contributed by atoms with Gasteiger partial charge in [-0.15, -0.1) is 0 Å². The zero-order chi connectivity index (χ0) is 37.9. The Hall–Kier alpha value is -6.18. The minimum Gasteiger partial charge on any atom is -0.310 e. The van der Waals surface area contributed by atoms with Crippen molar-refractivity contribution in [2.75, 3.05) is 4.90 Å². The summed E-state index contributed by atoms with van der Waals surface area (Å²) in [6, 6.07) is 66.6. The van der Waals surface area contributed by atoms with Crippen LogP contribution in [-0.4, -0.2) is 0 Å². The number of rotatable bonds is 5. The van der Waals surface area contributed by atoms with Crippen molar-refractivity contribution in [1.29, 1.82) is 0 Å². The first kappa shape index (κ1) is 33.0. The van der Waals surface area contributed by atoms with Gasteiger partial charge >= 0.3 is 0 Å². The first-order valence-electron chi connectivity index (χ1n) is 21.0. The van der Waals surface area contributed by atoms with Crippen molar-refractivity contribution in [2.45, 2.75) is 50.4 Å². The van der Waals surface area contributed by atoms with Crippen molar-refractivity contribution in [3.8, 4) is 44.5 Å². The van der Waals surface area contributed by atoms with Crippen LogP contribution in [0.3, 0.4) is 0 Å². The van der Waals surface area contributed by atoms with Gasteiger partial charge in [-0.2, -0.15) is 0 Å². The normalized spacial score (nSPS) is 20.4. The van der Waals surface area contributed by atoms with Gasteiger partial charge in [0.2, 0.25) is 0 Å². The molecule has 2 bridgehead atoms. The van der Waals surface area contributed by atoms with Crippen LogP contribution in [0.1, 0.15) is 61.8 Å². The molecular weight excluding hydrogens is 687 g/mol. The fraction of sp³-hybridized carbons (Fsp3) is 0.179. The summed E-state index contributed by atoms with van der Waals surface area (Å²) in [5.74, 6) is 1.53. The van der Waals surface area contributed by atoms with E-state index in [4.69, 9.17) is 0 Å². The standard InChI is InChI=1S/C56H45N/c1-55(2)50-19-8-5-15-45(50)48-17-11-18-49(54(48)55)47-16-7-10-21-53(47)57(42-28-25-38(26-29-42)40-24-23-37-12-3-4-13-39(37)33-40)43-30-31-46-44-14-6-9-20-51(44)56(52(46)34-43)35-36-22-27-41(56)32-36/h3-21,23-26,28-31,33-34,36,41H,22,27,32,35H2,1-2H3. The van der Waals surface area contributed by atoms with Gasteiger partial charge in [-0.3, -0.25) is 0 Å². The second-order valence-corrected chi connectivity index (χ2v) is 17.7. The third-order valence-corrected chi connectivity index (χ3v) is 14.5. The molecule has 2 fully saturated rings. The van der Waals surface area contributed by atoms with Gasteiger partial charge in [-0.1, -0.05) is 160 Å². The second-order valence-electron chi connectivity index (χ2n) is 17.7. The second kappa shape index (κ2) is 12.2. The summed E-state index contributed by atoms with van der Waals surface area (Å²) in [6.07, 6.45) is 5.35. The van der Waals surface area contributed by atoms with E-state index in [1.54, 1.807) is 11.1 Å². The van der Waals surface area contributed by atoms with E-state index in [1.165, 1.54) is 109 Å². The van der Waals surface area contributed by atoms with E-state index in [9.17, 15) is 0 Å². The molecule has 0 saturated heterocycles. The minimum atomic E-state index is -0.129. The molecule has 0 heterocycles. The maximum absolute atomic E-state index is 2.60. The highest BCUT2D eigenvalue weighted by atomic mass is 15.1. The molecule has 8 aromatic carbocycles. The Bertz CT molecular complexity index is 2910. The smallest absolute Gasteiger partial charge is 0.0540 e. The fourth-order valence-electron chi connectivity index (χ4n) is 12.1. The Morgan fingerprint density at radius 1 is 0.456 bits per heavy atom. The van der Waals surface area contributed by atoms with Crippen LogP contribution in [0.25, 0.3) is 55.3 Å². The molecule has 1 heteroatoms. The Balaban J connectivity index is 1.06. The molecule has 12 rings (SSSR count). The van der Waals surface area contributed by atoms with Crippen molar-refractivity contribution in [1.82, 2.24) is 0 Å². The van der Waals surface area contributed by atoms with Gasteiger partial charge in [0.15, 0.2) is 0 Å². The number of hydrogen-bond donors (Lipinski definition) is 0. The lowest BCUT2D eigenvalue weighted by atomic mass is 9.67. The van der Waals surface area contributed by atoms with Gasteiger partial charge in [-0.05, 0) is 139 Å². The first-order valence-corrected chi connectivity index (χ1v) is 21.0. The quantitative estimate of drug-likeness (QED) is 0.170. The van der Waals surface area contributed by atoms with E-state index in [0.29, 0.717) is 5.92 Å². The van der Waals surface area contributed by atoms with E-state index < -0.39 is 0 Å². The van der Waals surface area contributed by atoms with Crippen LogP contribution in [0, 0.1) is 11.8 Å². The third-order valence-electron chi connectivity index (χ3n) is 14.5. The lowest BCUT2D eigenvalue weighted by Gasteiger charge is -2.37. The van der Waals surface area contributed by atoms with E-state index in [-0.39, 0.29) is 10.8 Å². The van der Waals surface area contributed by atoms with Crippen molar-refractivity contribution in [3.05, 3.63) is 198 Å². The summed E-state index contributed by atoms with van der Waals surface area (Å²) >= 11 is 0. The molecule has 0 amide bonds. The zero-order valence-electron chi connectivity index (χ0n) is 32.7. The molecule has 3 unspecified atom stereocenters. The average Bonchev–Trinajstić information content (AvgIpc) is 4.01. The van der Waals surface area contributed by atoms with Crippen molar-refractivity contribution >= 4 is 27.8 Å². The maximum Gasteiger partial charge on any atom is 0.0540 e. The Labute approximate surface area is 336 Å². The summed E-state index contributed by atoms with van der Waals surface area (Å²) in [6.45, 7) is 4.81. The van der Waals surface area contributed by atoms with E-state index >= 15 is 0 Å². The number of hydrogen-bond acceptors (Lipinski definition) is 1. The predicted octanol–water partition coefficient (Wildman–Crippen LogP) is 15.0. The summed E-state index contributed by atoms with van der Waals surface area (Å²) in [7, 11) is 0. The van der Waals surface area contributed by atoms with E-state index in [0.717, 1.165) is 5.92 Å². The molecular formula is C56H45N. The van der Waals surface area contributed by atoms with Crippen molar-refractivity contribution < 1.29 is 0 Å². The highest BCUT2D eigenvalue weighted by molar-refractivity contribution is 5.96. The number of nitrogens with zero attached hydrogens (tertiary/aromatic N) is 1. The number of anilines is 3. The summed E-state index contributed by atoms with van der Waals surface area (Å²) < 4.78 is 0. The van der Waals surface area contributed by atoms with Crippen LogP contribution >= 0.6 is 0 Å². The van der Waals surface area contributed by atoms with Gasteiger partial charge in [0, 0.05) is 27.8 Å². The molecule has 0 aliphatic heterocycles. The largest absolute Gasteiger partial charge is 0.310 e. The molecule has 0 radical (unpaired) electrons. The molecule has 0 N–H and O–H groups in total. The first-order chi connectivity index (χ1) is 28.0. The van der Waals surface area contributed by atoms with Gasteiger partial charge in [0.1, 0.15) is 0 Å². The molecule has 3 atom stereocenters. The van der Waals surface area contributed by atoms with Crippen molar-refractivity contribution in [2.24, 2.45) is 11.8 Å². The SMILES string of the molecule is CC1(C)c2ccccc2-c2cccc(-c3ccccc3N(c3ccc(-c4ccc5ccccc5c4)cc3)c3ccc4c(c3)C3(CC5CCC3C5)c3ccccc3-4)c21. The highest BCUT2D eigenvalue weighted by Crippen LogP contribution is 2.66. The van der Waals surface area contributed by atoms with Gasteiger partial charge in [-0.25, -0.2) is 0 Å². The van der Waals surface area contributed by atoms with Crippen LogP contribution in [-0.2, 0) is 10.8 Å². The summed E-state index contributed by atoms with van der Waals surface area (Å²) in [4.78, 5) is 2.55. The average molecular weight is 732 g/mol. The third kappa shape index (κ3) is 4.69. The molecule has 0 aromatic heterocycles. The molecule has 4 aliphatic rings. The lowest BCUT2D eigenvalue weighted by Crippen LogP contribution is -2.32. The summed E-state index contributed by atoms with van der Waals surface area (Å²) in [5, 5.41) is 2.54. The van der Waals surface area contributed by atoms with E-state index in [2.05, 4.69) is 195 Å². The van der Waals surface area contributed by atoms with Gasteiger partial charge in [0.25, 0.3) is 0 Å². The number of benzene rings is 8. The van der Waals surface area contributed by atoms with Crippen LogP contribution in [0.2, 0.25) is 0 Å². The summed E-state index contributed by atoms with van der Waals surface area (Å²) in [5.41, 5.74) is 20.1. The molecule has 274 valence electrons. The highest BCUT2D eigenvalue weighted by Gasteiger charge is 2.56. The van der Waals surface area contributed by atoms with Crippen molar-refractivity contribution in [3.63, 3.8) is 0 Å². The molecule has 1 spiro atoms. The molecule has 4 aliphatic carbocycles. The Morgan fingerprint density at radius 2 is 1.07 bits per heavy atom. The predicted molar refractivity (Wildman–Crippen MR) is 239 cm³/mol. The molecule has 2 saturated carbocycles. The topological polar surface area (TPSA) is 3.24 Å². The van der Waals surface area contributed by atoms with E-state index in [1.807, 2.05) is 0 Å². The fourth-order valence-corrected chi connectivity index (χ4v) is 12.1. The van der Waals surface area contributed by atoms with Crippen LogP contribution < -0.4 is 4.90 Å². The maximum atomic E-state index is 2.60. The molecule has 1 nitrogen and oxygen atoms in total.